The summed E-state index contributed by atoms with van der Waals surface area (Å²) in [7, 11) is 1.54. The van der Waals surface area contributed by atoms with E-state index in [0.29, 0.717) is 23.5 Å². The van der Waals surface area contributed by atoms with E-state index in [1.165, 1.54) is 30.2 Å². The fraction of sp³-hybridized carbons (Fsp3) is 0.455. The largest absolute Gasteiger partial charge is 0.469 e. The summed E-state index contributed by atoms with van der Waals surface area (Å²) < 4.78 is 5.37. The highest BCUT2D eigenvalue weighted by atomic mass is 16.5. The zero-order valence-electron chi connectivity index (χ0n) is 30.6. The minimum Gasteiger partial charge on any atom is -0.469 e. The summed E-state index contributed by atoms with van der Waals surface area (Å²) >= 11 is 0. The molecule has 1 amide bonds. The number of carbonyl (C=O) groups is 2. The van der Waals surface area contributed by atoms with Crippen molar-refractivity contribution in [2.45, 2.75) is 86.6 Å². The van der Waals surface area contributed by atoms with Crippen LogP contribution in [0.3, 0.4) is 0 Å². The number of hydrogen-bond acceptors (Lipinski definition) is 5. The molecule has 8 rings (SSSR count). The molecule has 6 nitrogen and oxygen atoms in total. The predicted molar refractivity (Wildman–Crippen MR) is 200 cm³/mol. The first kappa shape index (κ1) is 32.9. The molecule has 50 heavy (non-hydrogen) atoms. The van der Waals surface area contributed by atoms with Crippen LogP contribution in [0.1, 0.15) is 106 Å². The number of allylic oxidation sites excluding steroid dienone is 3. The van der Waals surface area contributed by atoms with E-state index in [9.17, 15) is 9.59 Å². The first-order valence-corrected chi connectivity index (χ1v) is 18.3. The highest BCUT2D eigenvalue weighted by molar-refractivity contribution is 6.00. The Morgan fingerprint density at radius 3 is 2.42 bits per heavy atom. The molecule has 2 fully saturated rings. The van der Waals surface area contributed by atoms with Crippen molar-refractivity contribution in [2.75, 3.05) is 7.11 Å². The summed E-state index contributed by atoms with van der Waals surface area (Å²) in [6.45, 7) is 14.8. The fourth-order valence-corrected chi connectivity index (χ4v) is 10.9. The maximum atomic E-state index is 13.1. The molecule has 4 aliphatic rings. The minimum absolute atomic E-state index is 0.00911. The summed E-state index contributed by atoms with van der Waals surface area (Å²) in [5.41, 5.74) is 9.41. The summed E-state index contributed by atoms with van der Waals surface area (Å²) in [5.74, 6) is 0.221. The number of ether oxygens (including phenoxy) is 1. The Morgan fingerprint density at radius 2 is 1.66 bits per heavy atom. The Bertz CT molecular complexity index is 2150. The van der Waals surface area contributed by atoms with Crippen molar-refractivity contribution >= 4 is 45.6 Å². The number of amides is 1. The standard InChI is InChI=1S/C44H49N3O3/c1-27-30-15-17-42(4)32(16-18-43(5)36-25-41(3,39(49)50-7)20-19-40(36,2)21-22-44(42,43)6)31(30)24-35-37(27)47-33-14-13-29(23-34(33)46-35)38(48)45-26-28-11-9-8-10-12-28/h8-17,23-24,36H,18-22,25-26H2,1-7H3,(H,45,48)/t36-,40-,41-,42-,43+,44-/m1/s1. The van der Waals surface area contributed by atoms with E-state index in [0.717, 1.165) is 59.8 Å². The minimum atomic E-state index is -0.444. The Morgan fingerprint density at radius 1 is 0.900 bits per heavy atom. The lowest BCUT2D eigenvalue weighted by atomic mass is 9.33. The van der Waals surface area contributed by atoms with Crippen molar-refractivity contribution in [3.63, 3.8) is 0 Å². The molecule has 6 atom stereocenters. The molecular formula is C44H49N3O3. The second-order valence-corrected chi connectivity index (χ2v) is 17.0. The van der Waals surface area contributed by atoms with Crippen molar-refractivity contribution in [3.05, 3.63) is 94.6 Å². The van der Waals surface area contributed by atoms with E-state index >= 15 is 0 Å². The molecule has 0 spiro atoms. The van der Waals surface area contributed by atoms with Gasteiger partial charge in [0.15, 0.2) is 0 Å². The van der Waals surface area contributed by atoms with Gasteiger partial charge in [0.25, 0.3) is 5.91 Å². The SMILES string of the molecule is COC(=O)[C@]1(C)CC[C@]2(C)CC[C@@]3(C)[C@@](C)(CC=C4c5cc6nc7cc(C(=O)NCc8ccccc8)ccc7nc6c(C)c5C=C[C@]43C)[C@@H]2C1. The maximum Gasteiger partial charge on any atom is 0.311 e. The normalized spacial score (nSPS) is 32.7. The fourth-order valence-electron chi connectivity index (χ4n) is 10.9. The number of nitrogens with zero attached hydrogens (tertiary/aromatic N) is 2. The number of rotatable bonds is 4. The molecule has 0 aliphatic heterocycles. The van der Waals surface area contributed by atoms with Crippen LogP contribution < -0.4 is 5.32 Å². The maximum absolute atomic E-state index is 13.1. The Hall–Kier alpha value is -4.32. The van der Waals surface area contributed by atoms with Gasteiger partial charge in [0.1, 0.15) is 0 Å². The van der Waals surface area contributed by atoms with Gasteiger partial charge < -0.3 is 10.1 Å². The number of carbonyl (C=O) groups excluding carboxylic acids is 2. The van der Waals surface area contributed by atoms with Crippen LogP contribution in [0.5, 0.6) is 0 Å². The lowest BCUT2D eigenvalue weighted by Gasteiger charge is -2.70. The van der Waals surface area contributed by atoms with Gasteiger partial charge in [0, 0.05) is 17.5 Å². The highest BCUT2D eigenvalue weighted by Gasteiger charge is 2.68. The lowest BCUT2D eigenvalue weighted by molar-refractivity contribution is -0.190. The van der Waals surface area contributed by atoms with Crippen LogP contribution in [0.25, 0.3) is 33.7 Å². The number of aryl methyl sites for hydroxylation is 1. The van der Waals surface area contributed by atoms with Crippen molar-refractivity contribution in [1.29, 1.82) is 0 Å². The molecule has 258 valence electrons. The molecule has 6 heteroatoms. The summed E-state index contributed by atoms with van der Waals surface area (Å²) in [4.78, 5) is 36.5. The van der Waals surface area contributed by atoms with Crippen LogP contribution in [-0.2, 0) is 16.1 Å². The van der Waals surface area contributed by atoms with Crippen LogP contribution in [0.2, 0.25) is 0 Å². The number of benzene rings is 3. The van der Waals surface area contributed by atoms with E-state index in [2.05, 4.69) is 71.2 Å². The topological polar surface area (TPSA) is 81.2 Å². The summed E-state index contributed by atoms with van der Waals surface area (Å²) in [6.07, 6.45) is 13.5. The number of fused-ring (bicyclic) bond motifs is 9. The molecule has 4 aromatic rings. The molecule has 0 radical (unpaired) electrons. The number of methoxy groups -OCH3 is 1. The van der Waals surface area contributed by atoms with Gasteiger partial charge in [-0.3, -0.25) is 9.59 Å². The molecule has 1 aromatic heterocycles. The highest BCUT2D eigenvalue weighted by Crippen LogP contribution is 2.76. The lowest BCUT2D eigenvalue weighted by Crippen LogP contribution is -2.63. The second kappa shape index (κ2) is 11.1. The number of hydrogen-bond donors (Lipinski definition) is 1. The molecule has 1 heterocycles. The quantitative estimate of drug-likeness (QED) is 0.173. The third-order valence-electron chi connectivity index (χ3n) is 14.5. The van der Waals surface area contributed by atoms with E-state index in [1.807, 2.05) is 48.5 Å². The summed E-state index contributed by atoms with van der Waals surface area (Å²) in [5, 5.41) is 3.04. The molecule has 0 saturated heterocycles. The zero-order valence-corrected chi connectivity index (χ0v) is 30.6. The van der Waals surface area contributed by atoms with Gasteiger partial charge in [-0.1, -0.05) is 76.3 Å². The van der Waals surface area contributed by atoms with Gasteiger partial charge >= 0.3 is 5.97 Å². The average Bonchev–Trinajstić information content (AvgIpc) is 3.11. The number of esters is 1. The Kier molecular flexibility index (Phi) is 7.29. The van der Waals surface area contributed by atoms with Crippen molar-refractivity contribution in [1.82, 2.24) is 15.3 Å². The van der Waals surface area contributed by atoms with Crippen LogP contribution in [-0.4, -0.2) is 29.0 Å². The third kappa shape index (κ3) is 4.52. The van der Waals surface area contributed by atoms with E-state index in [1.54, 1.807) is 0 Å². The summed E-state index contributed by atoms with van der Waals surface area (Å²) in [6, 6.07) is 17.8. The van der Waals surface area contributed by atoms with Gasteiger partial charge in [-0.05, 0) is 127 Å². The second-order valence-electron chi connectivity index (χ2n) is 17.0. The van der Waals surface area contributed by atoms with E-state index < -0.39 is 5.41 Å². The van der Waals surface area contributed by atoms with Crippen LogP contribution in [0, 0.1) is 39.9 Å². The molecule has 3 aromatic carbocycles. The first-order chi connectivity index (χ1) is 23.8. The van der Waals surface area contributed by atoms with E-state index in [-0.39, 0.29) is 33.5 Å². The van der Waals surface area contributed by atoms with Crippen molar-refractivity contribution < 1.29 is 14.3 Å². The van der Waals surface area contributed by atoms with Crippen LogP contribution >= 0.6 is 0 Å². The van der Waals surface area contributed by atoms with Gasteiger partial charge in [-0.2, -0.15) is 0 Å². The van der Waals surface area contributed by atoms with Crippen molar-refractivity contribution in [3.8, 4) is 0 Å². The molecule has 0 bridgehead atoms. The predicted octanol–water partition coefficient (Wildman–Crippen LogP) is 9.63. The molecule has 4 aliphatic carbocycles. The first-order valence-electron chi connectivity index (χ1n) is 18.3. The Labute approximate surface area is 295 Å². The van der Waals surface area contributed by atoms with Gasteiger partial charge in [0.05, 0.1) is 34.6 Å². The monoisotopic (exact) mass is 667 g/mol. The molecular weight excluding hydrogens is 619 g/mol. The smallest absolute Gasteiger partial charge is 0.311 e. The molecule has 1 N–H and O–H groups in total. The zero-order chi connectivity index (χ0) is 35.3. The number of aromatic nitrogens is 2. The van der Waals surface area contributed by atoms with Gasteiger partial charge in [-0.25, -0.2) is 9.97 Å². The van der Waals surface area contributed by atoms with Gasteiger partial charge in [0.2, 0.25) is 0 Å². The Balaban J connectivity index is 1.18. The van der Waals surface area contributed by atoms with Crippen LogP contribution in [0.4, 0.5) is 0 Å². The average molecular weight is 668 g/mol. The van der Waals surface area contributed by atoms with Crippen LogP contribution in [0.15, 0.2) is 66.7 Å². The third-order valence-corrected chi connectivity index (χ3v) is 14.5. The van der Waals surface area contributed by atoms with E-state index in [4.69, 9.17) is 14.7 Å². The van der Waals surface area contributed by atoms with Crippen molar-refractivity contribution in [2.24, 2.45) is 33.0 Å². The number of nitrogens with one attached hydrogen (secondary N) is 1. The molecule has 0 unspecified atom stereocenters. The molecule has 2 saturated carbocycles. The van der Waals surface area contributed by atoms with Gasteiger partial charge in [-0.15, -0.1) is 0 Å².